The second kappa shape index (κ2) is 6.40. The molecule has 0 fully saturated rings. The average Bonchev–Trinajstić information content (AvgIpc) is 2.36. The Bertz CT molecular complexity index is 376. The summed E-state index contributed by atoms with van der Waals surface area (Å²) in [5.41, 5.74) is 8.19. The first kappa shape index (κ1) is 13.7. The van der Waals surface area contributed by atoms with Crippen LogP contribution < -0.4 is 5.73 Å². The molecular weight excluding hydrogens is 212 g/mol. The number of rotatable bonds is 5. The number of benzene rings is 1. The molecule has 0 aromatic heterocycles. The summed E-state index contributed by atoms with van der Waals surface area (Å²) in [6.07, 6.45) is 0.684. The topological polar surface area (TPSA) is 46.3 Å². The molecule has 0 saturated heterocycles. The summed E-state index contributed by atoms with van der Waals surface area (Å²) in [5.74, 6) is 0.0400. The summed E-state index contributed by atoms with van der Waals surface area (Å²) in [6.45, 7) is 7.33. The van der Waals surface area contributed by atoms with E-state index < -0.39 is 0 Å². The minimum Gasteiger partial charge on any atom is -0.337 e. The smallest absolute Gasteiger partial charge is 0.239 e. The van der Waals surface area contributed by atoms with E-state index in [2.05, 4.69) is 19.1 Å². The fourth-order valence-electron chi connectivity index (χ4n) is 1.75. The van der Waals surface area contributed by atoms with Gasteiger partial charge in [-0.25, -0.2) is 0 Å². The van der Waals surface area contributed by atoms with Crippen molar-refractivity contribution in [2.75, 3.05) is 6.54 Å². The van der Waals surface area contributed by atoms with E-state index in [0.29, 0.717) is 19.5 Å². The Morgan fingerprint density at radius 1 is 1.35 bits per heavy atom. The number of hydrogen-bond acceptors (Lipinski definition) is 2. The highest BCUT2D eigenvalue weighted by atomic mass is 16.2. The van der Waals surface area contributed by atoms with Crippen LogP contribution in [0.3, 0.4) is 0 Å². The van der Waals surface area contributed by atoms with E-state index in [1.165, 1.54) is 11.1 Å². The molecule has 1 amide bonds. The number of carbonyl (C=O) groups is 1. The highest BCUT2D eigenvalue weighted by Gasteiger charge is 2.18. The van der Waals surface area contributed by atoms with Gasteiger partial charge in [0.05, 0.1) is 6.04 Å². The van der Waals surface area contributed by atoms with Gasteiger partial charge >= 0.3 is 0 Å². The van der Waals surface area contributed by atoms with E-state index in [1.54, 1.807) is 0 Å². The van der Waals surface area contributed by atoms with E-state index in [0.717, 1.165) is 0 Å². The molecule has 1 aromatic rings. The lowest BCUT2D eigenvalue weighted by Crippen LogP contribution is -2.43. The molecule has 0 aliphatic heterocycles. The van der Waals surface area contributed by atoms with Crippen molar-refractivity contribution in [3.05, 3.63) is 35.4 Å². The molecule has 0 spiro atoms. The van der Waals surface area contributed by atoms with E-state index in [-0.39, 0.29) is 11.9 Å². The molecule has 0 aliphatic rings. The number of likely N-dealkylation sites (N-methyl/N-ethyl adjacent to an activating group) is 1. The number of amides is 1. The van der Waals surface area contributed by atoms with Crippen molar-refractivity contribution in [2.45, 2.75) is 39.8 Å². The Morgan fingerprint density at radius 2 is 2.00 bits per heavy atom. The molecule has 1 atom stereocenters. The van der Waals surface area contributed by atoms with Gasteiger partial charge in [-0.3, -0.25) is 4.79 Å². The molecule has 0 unspecified atom stereocenters. The Labute approximate surface area is 104 Å². The Morgan fingerprint density at radius 3 is 2.53 bits per heavy atom. The van der Waals surface area contributed by atoms with Crippen molar-refractivity contribution in [2.24, 2.45) is 5.73 Å². The zero-order valence-corrected chi connectivity index (χ0v) is 10.9. The Balaban J connectivity index is 2.77. The van der Waals surface area contributed by atoms with Gasteiger partial charge in [-0.2, -0.15) is 0 Å². The maximum absolute atomic E-state index is 12.0. The van der Waals surface area contributed by atoms with Gasteiger partial charge in [0.2, 0.25) is 5.91 Å². The van der Waals surface area contributed by atoms with Crippen LogP contribution in [-0.2, 0) is 11.3 Å². The van der Waals surface area contributed by atoms with Gasteiger partial charge in [-0.05, 0) is 31.4 Å². The third kappa shape index (κ3) is 3.56. The van der Waals surface area contributed by atoms with E-state index in [9.17, 15) is 4.79 Å². The lowest BCUT2D eigenvalue weighted by Gasteiger charge is -2.24. The third-order valence-corrected chi connectivity index (χ3v) is 3.07. The van der Waals surface area contributed by atoms with Crippen LogP contribution in [0.1, 0.15) is 31.4 Å². The van der Waals surface area contributed by atoms with Gasteiger partial charge < -0.3 is 10.6 Å². The molecule has 3 heteroatoms. The largest absolute Gasteiger partial charge is 0.337 e. The van der Waals surface area contributed by atoms with E-state index in [1.807, 2.05) is 30.9 Å². The molecule has 0 bridgehead atoms. The second-order valence-electron chi connectivity index (χ2n) is 4.29. The third-order valence-electron chi connectivity index (χ3n) is 3.07. The van der Waals surface area contributed by atoms with Gasteiger partial charge in [0.25, 0.3) is 0 Å². The van der Waals surface area contributed by atoms with Gasteiger partial charge in [-0.1, -0.05) is 31.2 Å². The molecule has 0 heterocycles. The zero-order chi connectivity index (χ0) is 12.8. The van der Waals surface area contributed by atoms with Crippen molar-refractivity contribution in [1.29, 1.82) is 0 Å². The zero-order valence-electron chi connectivity index (χ0n) is 10.9. The summed E-state index contributed by atoms with van der Waals surface area (Å²) in [4.78, 5) is 13.8. The van der Waals surface area contributed by atoms with Crippen LogP contribution in [0.15, 0.2) is 24.3 Å². The summed E-state index contributed by atoms with van der Waals surface area (Å²) in [6, 6.07) is 7.75. The summed E-state index contributed by atoms with van der Waals surface area (Å²) < 4.78 is 0. The second-order valence-corrected chi connectivity index (χ2v) is 4.29. The molecule has 1 aromatic carbocycles. The van der Waals surface area contributed by atoms with Crippen LogP contribution in [0.5, 0.6) is 0 Å². The standard InChI is InChI=1S/C14H22N2O/c1-4-13(15)14(17)16(5-2)10-12-9-7-6-8-11(12)3/h6-9,13H,4-5,10,15H2,1-3H3/t13-/m0/s1. The summed E-state index contributed by atoms with van der Waals surface area (Å²) >= 11 is 0. The molecule has 0 aliphatic carbocycles. The summed E-state index contributed by atoms with van der Waals surface area (Å²) in [5, 5.41) is 0. The minimum absolute atomic E-state index is 0.0400. The highest BCUT2D eigenvalue weighted by Crippen LogP contribution is 2.11. The molecule has 0 radical (unpaired) electrons. The first-order chi connectivity index (χ1) is 8.10. The van der Waals surface area contributed by atoms with Crippen LogP contribution in [0.2, 0.25) is 0 Å². The Hall–Kier alpha value is -1.35. The lowest BCUT2D eigenvalue weighted by molar-refractivity contribution is -0.133. The Kier molecular flexibility index (Phi) is 5.16. The van der Waals surface area contributed by atoms with Gasteiger partial charge in [0.15, 0.2) is 0 Å². The molecule has 94 valence electrons. The number of carbonyl (C=O) groups excluding carboxylic acids is 1. The number of nitrogens with two attached hydrogens (primary N) is 1. The number of hydrogen-bond donors (Lipinski definition) is 1. The normalized spacial score (nSPS) is 12.2. The fourth-order valence-corrected chi connectivity index (χ4v) is 1.75. The van der Waals surface area contributed by atoms with Crippen LogP contribution in [-0.4, -0.2) is 23.4 Å². The van der Waals surface area contributed by atoms with Crippen molar-refractivity contribution >= 4 is 5.91 Å². The maximum Gasteiger partial charge on any atom is 0.239 e. The maximum atomic E-state index is 12.0. The highest BCUT2D eigenvalue weighted by molar-refractivity contribution is 5.81. The van der Waals surface area contributed by atoms with E-state index >= 15 is 0 Å². The molecule has 1 rings (SSSR count). The van der Waals surface area contributed by atoms with Crippen LogP contribution in [0.25, 0.3) is 0 Å². The SMILES string of the molecule is CC[C@H](N)C(=O)N(CC)Cc1ccccc1C. The molecule has 0 saturated carbocycles. The number of aryl methyl sites for hydroxylation is 1. The fraction of sp³-hybridized carbons (Fsp3) is 0.500. The summed E-state index contributed by atoms with van der Waals surface area (Å²) in [7, 11) is 0. The predicted molar refractivity (Wildman–Crippen MR) is 70.5 cm³/mol. The molecular formula is C14H22N2O. The van der Waals surface area contributed by atoms with Crippen molar-refractivity contribution in [3.63, 3.8) is 0 Å². The predicted octanol–water partition coefficient (Wildman–Crippen LogP) is 2.08. The molecule has 2 N–H and O–H groups in total. The molecule has 17 heavy (non-hydrogen) atoms. The quantitative estimate of drug-likeness (QED) is 0.848. The van der Waals surface area contributed by atoms with Crippen LogP contribution >= 0.6 is 0 Å². The van der Waals surface area contributed by atoms with Gasteiger partial charge in [0, 0.05) is 13.1 Å². The monoisotopic (exact) mass is 234 g/mol. The van der Waals surface area contributed by atoms with Gasteiger partial charge in [-0.15, -0.1) is 0 Å². The van der Waals surface area contributed by atoms with Crippen molar-refractivity contribution in [3.8, 4) is 0 Å². The van der Waals surface area contributed by atoms with Crippen molar-refractivity contribution in [1.82, 2.24) is 4.90 Å². The van der Waals surface area contributed by atoms with Crippen LogP contribution in [0.4, 0.5) is 0 Å². The van der Waals surface area contributed by atoms with Crippen LogP contribution in [0, 0.1) is 6.92 Å². The minimum atomic E-state index is -0.376. The number of nitrogens with zero attached hydrogens (tertiary/aromatic N) is 1. The lowest BCUT2D eigenvalue weighted by atomic mass is 10.1. The van der Waals surface area contributed by atoms with Gasteiger partial charge in [0.1, 0.15) is 0 Å². The van der Waals surface area contributed by atoms with E-state index in [4.69, 9.17) is 5.73 Å². The average molecular weight is 234 g/mol. The van der Waals surface area contributed by atoms with Crippen molar-refractivity contribution < 1.29 is 4.79 Å². The molecule has 3 nitrogen and oxygen atoms in total. The first-order valence-corrected chi connectivity index (χ1v) is 6.19. The first-order valence-electron chi connectivity index (χ1n) is 6.19.